The van der Waals surface area contributed by atoms with E-state index in [9.17, 15) is 9.59 Å². The number of fused-ring (bicyclic) bond motifs is 3. The summed E-state index contributed by atoms with van der Waals surface area (Å²) >= 11 is 1.73. The first kappa shape index (κ1) is 22.7. The van der Waals surface area contributed by atoms with E-state index >= 15 is 0 Å². The highest BCUT2D eigenvalue weighted by molar-refractivity contribution is 7.16. The first-order chi connectivity index (χ1) is 16.4. The minimum atomic E-state index is -0.406. The molecule has 0 spiro atoms. The quantitative estimate of drug-likeness (QED) is 0.333. The lowest BCUT2D eigenvalue weighted by Gasteiger charge is -2.36. The number of hydrogen-bond donors (Lipinski definition) is 2. The van der Waals surface area contributed by atoms with Crippen LogP contribution in [-0.2, 0) is 12.8 Å². The average Bonchev–Trinajstić information content (AvgIpc) is 3.23. The molecule has 1 amide bonds. The van der Waals surface area contributed by atoms with Crippen molar-refractivity contribution in [2.75, 3.05) is 5.32 Å². The van der Waals surface area contributed by atoms with Crippen LogP contribution >= 0.6 is 11.3 Å². The average molecular weight is 475 g/mol. The van der Waals surface area contributed by atoms with Crippen LogP contribution in [0.4, 0.5) is 5.00 Å². The van der Waals surface area contributed by atoms with Gasteiger partial charge in [0, 0.05) is 4.88 Å². The topological polar surface area (TPSA) is 67.4 Å². The zero-order valence-corrected chi connectivity index (χ0v) is 20.6. The molecule has 0 fully saturated rings. The summed E-state index contributed by atoms with van der Waals surface area (Å²) in [5.74, 6) is 0.649. The van der Waals surface area contributed by atoms with Gasteiger partial charge in [0.1, 0.15) is 16.9 Å². The van der Waals surface area contributed by atoms with Crippen LogP contribution in [0.1, 0.15) is 76.5 Å². The number of carbonyl (C=O) groups excluding carboxylic acids is 2. The summed E-state index contributed by atoms with van der Waals surface area (Å²) in [7, 11) is 0. The lowest BCUT2D eigenvalue weighted by molar-refractivity contribution is 0.0734. The Balaban J connectivity index is 1.35. The van der Waals surface area contributed by atoms with Crippen LogP contribution in [0.2, 0.25) is 0 Å². The number of anilines is 1. The number of hydrogen-bond acceptors (Lipinski definition) is 5. The Morgan fingerprint density at radius 3 is 2.68 bits per heavy atom. The monoisotopic (exact) mass is 474 g/mol. The van der Waals surface area contributed by atoms with Crippen LogP contribution < -0.4 is 15.4 Å². The van der Waals surface area contributed by atoms with E-state index in [0.717, 1.165) is 41.8 Å². The molecule has 2 aliphatic rings. The number of carbonyl (C=O) groups is 2. The van der Waals surface area contributed by atoms with Crippen LogP contribution in [0, 0.1) is 11.3 Å². The van der Waals surface area contributed by atoms with Gasteiger partial charge in [0.25, 0.3) is 5.91 Å². The van der Waals surface area contributed by atoms with Gasteiger partial charge in [0.05, 0.1) is 11.1 Å². The number of thiophene rings is 1. The standard InChI is InChI=1S/C28H30N2O3S/c1-4-28(2,3)19-13-14-21-22(16-19)34-26-23(21)25(31)29-24(30-26)18-11-8-12-20(15-18)33-27(32)17-9-6-5-7-10-17/h5-12,15,19,24,30H,4,13-14,16H2,1-3H3,(H,29,31)/t19-,24+/m0/s1. The normalized spacial score (nSPS) is 19.4. The molecule has 34 heavy (non-hydrogen) atoms. The predicted molar refractivity (Wildman–Crippen MR) is 136 cm³/mol. The van der Waals surface area contributed by atoms with Gasteiger partial charge < -0.3 is 15.4 Å². The Bertz CT molecular complexity index is 1230. The summed E-state index contributed by atoms with van der Waals surface area (Å²) in [5.41, 5.74) is 3.68. The van der Waals surface area contributed by atoms with E-state index in [1.54, 1.807) is 47.7 Å². The van der Waals surface area contributed by atoms with Crippen LogP contribution in [-0.4, -0.2) is 11.9 Å². The molecule has 0 saturated heterocycles. The molecule has 0 saturated carbocycles. The van der Waals surface area contributed by atoms with Gasteiger partial charge in [-0.05, 0) is 66.0 Å². The van der Waals surface area contributed by atoms with Crippen molar-refractivity contribution in [3.05, 3.63) is 81.7 Å². The predicted octanol–water partition coefficient (Wildman–Crippen LogP) is 6.36. The van der Waals surface area contributed by atoms with E-state index < -0.39 is 5.97 Å². The number of rotatable bonds is 5. The fraction of sp³-hybridized carbons (Fsp3) is 0.357. The van der Waals surface area contributed by atoms with Crippen LogP contribution in [0.25, 0.3) is 0 Å². The molecule has 1 aliphatic carbocycles. The summed E-state index contributed by atoms with van der Waals surface area (Å²) in [6.45, 7) is 6.98. The van der Waals surface area contributed by atoms with E-state index in [1.165, 1.54) is 10.4 Å². The van der Waals surface area contributed by atoms with Gasteiger partial charge in [0.15, 0.2) is 0 Å². The Morgan fingerprint density at radius 1 is 1.12 bits per heavy atom. The van der Waals surface area contributed by atoms with Gasteiger partial charge in [-0.15, -0.1) is 11.3 Å². The molecule has 6 heteroatoms. The number of benzene rings is 2. The number of nitrogens with one attached hydrogen (secondary N) is 2. The maximum Gasteiger partial charge on any atom is 0.343 e. The SMILES string of the molecule is CCC(C)(C)[C@H]1CCc2c(sc3c2C(=O)N[C@@H](c2cccc(OC(=O)c4ccccc4)c2)N3)C1. The Labute approximate surface area is 204 Å². The van der Waals surface area contributed by atoms with Gasteiger partial charge in [0.2, 0.25) is 0 Å². The van der Waals surface area contributed by atoms with Gasteiger partial charge in [-0.25, -0.2) is 4.79 Å². The van der Waals surface area contributed by atoms with Crippen LogP contribution in [0.3, 0.4) is 0 Å². The minimum Gasteiger partial charge on any atom is -0.423 e. The molecule has 1 aliphatic heterocycles. The minimum absolute atomic E-state index is 0.0314. The number of esters is 1. The molecule has 0 bridgehead atoms. The molecule has 3 aromatic rings. The zero-order chi connectivity index (χ0) is 23.9. The third-order valence-electron chi connectivity index (χ3n) is 7.47. The maximum absolute atomic E-state index is 13.2. The summed E-state index contributed by atoms with van der Waals surface area (Å²) in [5, 5.41) is 7.58. The third-order valence-corrected chi connectivity index (χ3v) is 8.66. The Kier molecular flexibility index (Phi) is 5.94. The molecule has 176 valence electrons. The molecule has 5 rings (SSSR count). The summed E-state index contributed by atoms with van der Waals surface area (Å²) < 4.78 is 5.57. The first-order valence-corrected chi connectivity index (χ1v) is 12.8. The van der Waals surface area contributed by atoms with Crippen molar-refractivity contribution in [2.24, 2.45) is 11.3 Å². The molecule has 2 atom stereocenters. The highest BCUT2D eigenvalue weighted by atomic mass is 32.1. The van der Waals surface area contributed by atoms with Gasteiger partial charge >= 0.3 is 5.97 Å². The summed E-state index contributed by atoms with van der Waals surface area (Å²) in [6.07, 6.45) is 3.91. The molecule has 2 aromatic carbocycles. The fourth-order valence-electron chi connectivity index (χ4n) is 4.92. The second-order valence-electron chi connectivity index (χ2n) is 9.87. The Morgan fingerprint density at radius 2 is 1.91 bits per heavy atom. The van der Waals surface area contributed by atoms with E-state index in [-0.39, 0.29) is 12.1 Å². The van der Waals surface area contributed by atoms with Crippen molar-refractivity contribution in [3.63, 3.8) is 0 Å². The van der Waals surface area contributed by atoms with Gasteiger partial charge in [-0.2, -0.15) is 0 Å². The second-order valence-corrected chi connectivity index (χ2v) is 11.0. The third kappa shape index (κ3) is 4.23. The number of amides is 1. The van der Waals surface area contributed by atoms with Crippen LogP contribution in [0.15, 0.2) is 54.6 Å². The lowest BCUT2D eigenvalue weighted by Crippen LogP contribution is -2.38. The lowest BCUT2D eigenvalue weighted by atomic mass is 9.69. The summed E-state index contributed by atoms with van der Waals surface area (Å²) in [4.78, 5) is 26.9. The fourth-order valence-corrected chi connectivity index (χ4v) is 6.27. The van der Waals surface area contributed by atoms with E-state index in [4.69, 9.17) is 4.74 Å². The first-order valence-electron chi connectivity index (χ1n) is 11.9. The maximum atomic E-state index is 13.2. The molecule has 1 aromatic heterocycles. The Hall–Kier alpha value is -3.12. The van der Waals surface area contributed by atoms with Crippen molar-refractivity contribution >= 4 is 28.2 Å². The van der Waals surface area contributed by atoms with Gasteiger partial charge in [-0.3, -0.25) is 4.79 Å². The van der Waals surface area contributed by atoms with Crippen molar-refractivity contribution in [1.82, 2.24) is 5.32 Å². The van der Waals surface area contributed by atoms with Crippen molar-refractivity contribution in [3.8, 4) is 5.75 Å². The largest absolute Gasteiger partial charge is 0.423 e. The summed E-state index contributed by atoms with van der Waals surface area (Å²) in [6, 6.07) is 16.2. The van der Waals surface area contributed by atoms with E-state index in [0.29, 0.717) is 22.6 Å². The molecule has 2 N–H and O–H groups in total. The molecule has 2 heterocycles. The molecule has 0 unspecified atom stereocenters. The molecule has 5 nitrogen and oxygen atoms in total. The smallest absolute Gasteiger partial charge is 0.343 e. The zero-order valence-electron chi connectivity index (χ0n) is 19.8. The van der Waals surface area contributed by atoms with Crippen molar-refractivity contribution in [2.45, 2.75) is 52.6 Å². The van der Waals surface area contributed by atoms with Crippen molar-refractivity contribution in [1.29, 1.82) is 0 Å². The van der Waals surface area contributed by atoms with E-state index in [1.807, 2.05) is 18.2 Å². The highest BCUT2D eigenvalue weighted by Crippen LogP contribution is 2.47. The molecule has 0 radical (unpaired) electrons. The van der Waals surface area contributed by atoms with Crippen LogP contribution in [0.5, 0.6) is 5.75 Å². The van der Waals surface area contributed by atoms with Crippen molar-refractivity contribution < 1.29 is 14.3 Å². The number of ether oxygens (including phenoxy) is 1. The highest BCUT2D eigenvalue weighted by Gasteiger charge is 2.37. The van der Waals surface area contributed by atoms with E-state index in [2.05, 4.69) is 31.4 Å². The van der Waals surface area contributed by atoms with Gasteiger partial charge in [-0.1, -0.05) is 57.5 Å². The molecular formula is C28H30N2O3S. The molecular weight excluding hydrogens is 444 g/mol. The second kappa shape index (κ2) is 8.91.